The fourth-order valence-corrected chi connectivity index (χ4v) is 1.29. The van der Waals surface area contributed by atoms with Gasteiger partial charge < -0.3 is 15.8 Å². The zero-order chi connectivity index (χ0) is 12.0. The van der Waals surface area contributed by atoms with Gasteiger partial charge in [0.15, 0.2) is 0 Å². The Morgan fingerprint density at radius 2 is 1.94 bits per heavy atom. The lowest BCUT2D eigenvalue weighted by atomic mass is 10.1. The van der Waals surface area contributed by atoms with Crippen LogP contribution in [0.4, 0.5) is 0 Å². The predicted octanol–water partition coefficient (Wildman–Crippen LogP) is 0.697. The van der Waals surface area contributed by atoms with Crippen LogP contribution < -0.4 is 11.1 Å². The van der Waals surface area contributed by atoms with Crippen LogP contribution in [0, 0.1) is 0 Å². The van der Waals surface area contributed by atoms with E-state index in [-0.39, 0.29) is 5.91 Å². The van der Waals surface area contributed by atoms with Crippen LogP contribution >= 0.6 is 12.2 Å². The number of carbonyl (C=O) groups excluding carboxylic acids is 1. The van der Waals surface area contributed by atoms with Gasteiger partial charge in [-0.3, -0.25) is 4.79 Å². The molecule has 4 nitrogen and oxygen atoms in total. The molecule has 1 aromatic rings. The predicted molar refractivity (Wildman–Crippen MR) is 66.5 cm³/mol. The molecule has 0 aliphatic rings. The fraction of sp³-hybridized carbons (Fsp3) is 0.273. The summed E-state index contributed by atoms with van der Waals surface area (Å²) in [5.74, 6) is -0.133. The van der Waals surface area contributed by atoms with E-state index >= 15 is 0 Å². The van der Waals surface area contributed by atoms with Crippen molar-refractivity contribution in [2.75, 3.05) is 20.3 Å². The average Bonchev–Trinajstić information content (AvgIpc) is 2.29. The highest BCUT2D eigenvalue weighted by atomic mass is 32.1. The number of carbonyl (C=O) groups is 1. The summed E-state index contributed by atoms with van der Waals surface area (Å²) in [5.41, 5.74) is 6.79. The first-order chi connectivity index (χ1) is 7.65. The number of hydrogen-bond acceptors (Lipinski definition) is 3. The topological polar surface area (TPSA) is 64.3 Å². The molecule has 0 saturated heterocycles. The van der Waals surface area contributed by atoms with Crippen LogP contribution in [0.1, 0.15) is 15.9 Å². The maximum Gasteiger partial charge on any atom is 0.251 e. The summed E-state index contributed by atoms with van der Waals surface area (Å²) in [6.45, 7) is 0.989. The molecule has 3 N–H and O–H groups in total. The van der Waals surface area contributed by atoms with Gasteiger partial charge in [0.25, 0.3) is 5.91 Å². The molecular formula is C11H14N2O2S. The summed E-state index contributed by atoms with van der Waals surface area (Å²) in [4.78, 5) is 11.9. The Morgan fingerprint density at radius 1 is 1.38 bits per heavy atom. The third kappa shape index (κ3) is 3.60. The molecule has 0 aromatic heterocycles. The van der Waals surface area contributed by atoms with Crippen LogP contribution in [0.25, 0.3) is 0 Å². The first-order valence-electron chi connectivity index (χ1n) is 4.82. The second-order valence-electron chi connectivity index (χ2n) is 3.19. The fourth-order valence-electron chi connectivity index (χ4n) is 1.15. The molecule has 0 unspecified atom stereocenters. The number of hydrogen-bond donors (Lipinski definition) is 2. The maximum atomic E-state index is 11.6. The van der Waals surface area contributed by atoms with Gasteiger partial charge in [-0.05, 0) is 12.1 Å². The van der Waals surface area contributed by atoms with E-state index in [2.05, 4.69) is 5.32 Å². The summed E-state index contributed by atoms with van der Waals surface area (Å²) in [7, 11) is 1.59. The van der Waals surface area contributed by atoms with E-state index in [1.165, 1.54) is 0 Å². The monoisotopic (exact) mass is 238 g/mol. The van der Waals surface area contributed by atoms with Crippen LogP contribution in [0.5, 0.6) is 0 Å². The minimum absolute atomic E-state index is 0.133. The van der Waals surface area contributed by atoms with E-state index in [1.807, 2.05) is 0 Å². The van der Waals surface area contributed by atoms with Crippen molar-refractivity contribution in [3.05, 3.63) is 35.4 Å². The van der Waals surface area contributed by atoms with Crippen molar-refractivity contribution >= 4 is 23.1 Å². The Labute approximate surface area is 99.8 Å². The summed E-state index contributed by atoms with van der Waals surface area (Å²) in [6.07, 6.45) is 0. The van der Waals surface area contributed by atoms with Gasteiger partial charge in [-0.2, -0.15) is 0 Å². The van der Waals surface area contributed by atoms with Crippen molar-refractivity contribution < 1.29 is 9.53 Å². The number of rotatable bonds is 5. The van der Waals surface area contributed by atoms with Gasteiger partial charge in [0.2, 0.25) is 0 Å². The number of benzene rings is 1. The third-order valence-electron chi connectivity index (χ3n) is 2.02. The number of methoxy groups -OCH3 is 1. The Hall–Kier alpha value is -1.46. The standard InChI is InChI=1S/C11H14N2O2S/c1-15-7-6-13-11(14)9-4-2-8(3-5-9)10(12)16/h2-5H,6-7H2,1H3,(H2,12,16)(H,13,14). The van der Waals surface area contributed by atoms with Crippen molar-refractivity contribution in [2.45, 2.75) is 0 Å². The van der Waals surface area contributed by atoms with E-state index in [1.54, 1.807) is 31.4 Å². The first kappa shape index (κ1) is 12.6. The van der Waals surface area contributed by atoms with Gasteiger partial charge >= 0.3 is 0 Å². The normalized spacial score (nSPS) is 9.81. The van der Waals surface area contributed by atoms with Gasteiger partial charge in [-0.15, -0.1) is 0 Å². The van der Waals surface area contributed by atoms with E-state index < -0.39 is 0 Å². The SMILES string of the molecule is COCCNC(=O)c1ccc(C(N)=S)cc1. The summed E-state index contributed by atoms with van der Waals surface area (Å²) in [5, 5.41) is 2.72. The lowest BCUT2D eigenvalue weighted by Gasteiger charge is -2.05. The number of nitrogens with two attached hydrogens (primary N) is 1. The Kier molecular flexibility index (Phi) is 4.88. The van der Waals surface area contributed by atoms with Gasteiger partial charge in [-0.1, -0.05) is 24.4 Å². The lowest BCUT2D eigenvalue weighted by Crippen LogP contribution is -2.26. The number of thiocarbonyl (C=S) groups is 1. The largest absolute Gasteiger partial charge is 0.389 e. The zero-order valence-electron chi connectivity index (χ0n) is 9.03. The molecule has 0 fully saturated rings. The Morgan fingerprint density at radius 3 is 2.44 bits per heavy atom. The molecule has 1 amide bonds. The molecule has 86 valence electrons. The van der Waals surface area contributed by atoms with Crippen LogP contribution in [0.2, 0.25) is 0 Å². The van der Waals surface area contributed by atoms with Gasteiger partial charge in [0.05, 0.1) is 6.61 Å². The van der Waals surface area contributed by atoms with E-state index in [4.69, 9.17) is 22.7 Å². The maximum absolute atomic E-state index is 11.6. The van der Waals surface area contributed by atoms with Gasteiger partial charge in [-0.25, -0.2) is 0 Å². The minimum Gasteiger partial charge on any atom is -0.389 e. The van der Waals surface area contributed by atoms with Crippen molar-refractivity contribution in [3.8, 4) is 0 Å². The van der Waals surface area contributed by atoms with Crippen LogP contribution in [0.15, 0.2) is 24.3 Å². The average molecular weight is 238 g/mol. The zero-order valence-corrected chi connectivity index (χ0v) is 9.84. The lowest BCUT2D eigenvalue weighted by molar-refractivity contribution is 0.0937. The number of amides is 1. The molecule has 0 saturated carbocycles. The van der Waals surface area contributed by atoms with Gasteiger partial charge in [0, 0.05) is 24.8 Å². The molecular weight excluding hydrogens is 224 g/mol. The van der Waals surface area contributed by atoms with Crippen molar-refractivity contribution in [1.29, 1.82) is 0 Å². The molecule has 1 aromatic carbocycles. The highest BCUT2D eigenvalue weighted by Gasteiger charge is 2.04. The molecule has 0 bridgehead atoms. The number of ether oxygens (including phenoxy) is 1. The molecule has 1 rings (SSSR count). The van der Waals surface area contributed by atoms with Crippen LogP contribution in [-0.2, 0) is 4.74 Å². The molecule has 5 heteroatoms. The molecule has 0 atom stereocenters. The van der Waals surface area contributed by atoms with Crippen LogP contribution in [-0.4, -0.2) is 31.2 Å². The molecule has 16 heavy (non-hydrogen) atoms. The van der Waals surface area contributed by atoms with Crippen LogP contribution in [0.3, 0.4) is 0 Å². The molecule has 0 aliphatic heterocycles. The van der Waals surface area contributed by atoms with Crippen molar-refractivity contribution in [2.24, 2.45) is 5.73 Å². The molecule has 0 heterocycles. The smallest absolute Gasteiger partial charge is 0.251 e. The summed E-state index contributed by atoms with van der Waals surface area (Å²) >= 11 is 4.82. The van der Waals surface area contributed by atoms with E-state index in [9.17, 15) is 4.79 Å². The second kappa shape index (κ2) is 6.19. The number of nitrogens with one attached hydrogen (secondary N) is 1. The quantitative estimate of drug-likeness (QED) is 0.585. The van der Waals surface area contributed by atoms with Gasteiger partial charge in [0.1, 0.15) is 4.99 Å². The highest BCUT2D eigenvalue weighted by molar-refractivity contribution is 7.80. The summed E-state index contributed by atoms with van der Waals surface area (Å²) < 4.78 is 4.83. The van der Waals surface area contributed by atoms with E-state index in [0.29, 0.717) is 23.7 Å². The highest BCUT2D eigenvalue weighted by Crippen LogP contribution is 2.04. The molecule has 0 aliphatic carbocycles. The molecule has 0 spiro atoms. The van der Waals surface area contributed by atoms with E-state index in [0.717, 1.165) is 5.56 Å². The molecule has 0 radical (unpaired) electrons. The third-order valence-corrected chi connectivity index (χ3v) is 2.26. The Balaban J connectivity index is 2.59. The first-order valence-corrected chi connectivity index (χ1v) is 5.23. The second-order valence-corrected chi connectivity index (χ2v) is 3.63. The van der Waals surface area contributed by atoms with Crippen molar-refractivity contribution in [3.63, 3.8) is 0 Å². The summed E-state index contributed by atoms with van der Waals surface area (Å²) in [6, 6.07) is 6.84. The van der Waals surface area contributed by atoms with Crippen molar-refractivity contribution in [1.82, 2.24) is 5.32 Å². The minimum atomic E-state index is -0.133. The Bertz CT molecular complexity index is 376.